The standard InChI is InChI=1S/C23H29NO/c1-15-4-8-17(9-5-15)20-14-19-12-13-21(24(19)3)22(20)23(25)18-10-6-16(2)7-11-18/h4-11,19-23,25H,12-14H2,1-3H3/t19?,20-,21?,22+,23+/m1/s1. The number of rotatable bonds is 3. The summed E-state index contributed by atoms with van der Waals surface area (Å²) in [6, 6.07) is 18.6. The number of fused-ring (bicyclic) bond motifs is 2. The number of piperidine rings is 1. The summed E-state index contributed by atoms with van der Waals surface area (Å²) in [5.41, 5.74) is 5.00. The molecule has 2 aromatic rings. The molecule has 1 N–H and O–H groups in total. The Morgan fingerprint density at radius 3 is 2.16 bits per heavy atom. The molecule has 0 spiro atoms. The summed E-state index contributed by atoms with van der Waals surface area (Å²) in [6.45, 7) is 4.24. The lowest BCUT2D eigenvalue weighted by Crippen LogP contribution is -2.47. The Kier molecular flexibility index (Phi) is 4.43. The highest BCUT2D eigenvalue weighted by molar-refractivity contribution is 5.30. The molecule has 2 heterocycles. The maximum absolute atomic E-state index is 11.3. The van der Waals surface area contributed by atoms with E-state index in [2.05, 4.69) is 74.3 Å². The second-order valence-corrected chi connectivity index (χ2v) is 8.15. The Balaban J connectivity index is 1.71. The van der Waals surface area contributed by atoms with Gasteiger partial charge in [-0.2, -0.15) is 0 Å². The third-order valence-electron chi connectivity index (χ3n) is 6.62. The summed E-state index contributed by atoms with van der Waals surface area (Å²) in [7, 11) is 2.25. The highest BCUT2D eigenvalue weighted by atomic mass is 16.3. The number of benzene rings is 2. The zero-order valence-electron chi connectivity index (χ0n) is 15.5. The Bertz CT molecular complexity index is 721. The molecule has 2 aliphatic rings. The van der Waals surface area contributed by atoms with E-state index in [9.17, 15) is 5.11 Å². The maximum atomic E-state index is 11.3. The Labute approximate surface area is 151 Å². The van der Waals surface area contributed by atoms with Crippen LogP contribution in [-0.4, -0.2) is 29.1 Å². The summed E-state index contributed by atoms with van der Waals surface area (Å²) in [5, 5.41) is 11.3. The molecule has 0 radical (unpaired) electrons. The first-order chi connectivity index (χ1) is 12.0. The molecule has 4 rings (SSSR count). The van der Waals surface area contributed by atoms with Crippen molar-refractivity contribution in [2.24, 2.45) is 5.92 Å². The van der Waals surface area contributed by atoms with E-state index in [0.717, 1.165) is 12.0 Å². The van der Waals surface area contributed by atoms with E-state index in [1.54, 1.807) is 0 Å². The van der Waals surface area contributed by atoms with Crippen LogP contribution in [0.1, 0.15) is 53.5 Å². The van der Waals surface area contributed by atoms with E-state index in [0.29, 0.717) is 18.0 Å². The number of aryl methyl sites for hydroxylation is 2. The molecule has 132 valence electrons. The van der Waals surface area contributed by atoms with Crippen molar-refractivity contribution in [3.05, 3.63) is 70.8 Å². The highest BCUT2D eigenvalue weighted by Gasteiger charge is 2.48. The molecule has 2 aliphatic heterocycles. The lowest BCUT2D eigenvalue weighted by Gasteiger charge is -2.45. The van der Waals surface area contributed by atoms with Crippen LogP contribution in [0.25, 0.3) is 0 Å². The van der Waals surface area contributed by atoms with Crippen molar-refractivity contribution in [3.63, 3.8) is 0 Å². The minimum absolute atomic E-state index is 0.258. The molecule has 0 saturated carbocycles. The zero-order valence-corrected chi connectivity index (χ0v) is 15.5. The molecule has 0 aromatic heterocycles. The van der Waals surface area contributed by atoms with Crippen molar-refractivity contribution in [2.45, 2.75) is 57.2 Å². The Hall–Kier alpha value is -1.64. The van der Waals surface area contributed by atoms with Gasteiger partial charge in [0.25, 0.3) is 0 Å². The van der Waals surface area contributed by atoms with Gasteiger partial charge < -0.3 is 10.0 Å². The van der Waals surface area contributed by atoms with Crippen LogP contribution in [0.4, 0.5) is 0 Å². The van der Waals surface area contributed by atoms with Crippen LogP contribution < -0.4 is 0 Å². The SMILES string of the molecule is Cc1ccc([C@H]2CC3CCC([C@H]2[C@@H](O)c2ccc(C)cc2)N3C)cc1. The van der Waals surface area contributed by atoms with Crippen molar-refractivity contribution in [3.8, 4) is 0 Å². The van der Waals surface area contributed by atoms with Crippen molar-refractivity contribution in [1.29, 1.82) is 0 Å². The number of hydrogen-bond acceptors (Lipinski definition) is 2. The van der Waals surface area contributed by atoms with Gasteiger partial charge in [0.2, 0.25) is 0 Å². The van der Waals surface area contributed by atoms with Crippen LogP contribution in [0.15, 0.2) is 48.5 Å². The fourth-order valence-electron chi connectivity index (χ4n) is 5.10. The molecule has 2 aromatic carbocycles. The lowest BCUT2D eigenvalue weighted by atomic mass is 9.72. The van der Waals surface area contributed by atoms with Gasteiger partial charge in [-0.1, -0.05) is 59.7 Å². The molecule has 25 heavy (non-hydrogen) atoms. The monoisotopic (exact) mass is 335 g/mol. The first-order valence-corrected chi connectivity index (χ1v) is 9.57. The van der Waals surface area contributed by atoms with Gasteiger partial charge in [0.15, 0.2) is 0 Å². The average molecular weight is 335 g/mol. The summed E-state index contributed by atoms with van der Waals surface area (Å²) >= 11 is 0. The van der Waals surface area contributed by atoms with Gasteiger partial charge in [-0.3, -0.25) is 0 Å². The molecule has 2 nitrogen and oxygen atoms in total. The fraction of sp³-hybridized carbons (Fsp3) is 0.478. The van der Waals surface area contributed by atoms with Crippen LogP contribution >= 0.6 is 0 Å². The molecule has 0 aliphatic carbocycles. The predicted molar refractivity (Wildman–Crippen MR) is 103 cm³/mol. The first kappa shape index (κ1) is 16.8. The molecular formula is C23H29NO. The van der Waals surface area contributed by atoms with Gasteiger partial charge in [-0.25, -0.2) is 0 Å². The summed E-state index contributed by atoms with van der Waals surface area (Å²) in [6.07, 6.45) is 3.22. The van der Waals surface area contributed by atoms with Gasteiger partial charge in [0.05, 0.1) is 6.10 Å². The largest absolute Gasteiger partial charge is 0.388 e. The molecule has 0 amide bonds. The second kappa shape index (κ2) is 6.59. The van der Waals surface area contributed by atoms with Gasteiger partial charge in [0, 0.05) is 18.0 Å². The highest BCUT2D eigenvalue weighted by Crippen LogP contribution is 2.50. The predicted octanol–water partition coefficient (Wildman–Crippen LogP) is 4.60. The molecule has 2 saturated heterocycles. The smallest absolute Gasteiger partial charge is 0.0839 e. The van der Waals surface area contributed by atoms with Crippen LogP contribution in [0.2, 0.25) is 0 Å². The van der Waals surface area contributed by atoms with Crippen molar-refractivity contribution >= 4 is 0 Å². The quantitative estimate of drug-likeness (QED) is 0.886. The molecule has 5 atom stereocenters. The van der Waals surface area contributed by atoms with E-state index in [1.807, 2.05) is 0 Å². The normalized spacial score (nSPS) is 30.4. The Morgan fingerprint density at radius 2 is 1.52 bits per heavy atom. The molecule has 2 fully saturated rings. The molecule has 2 unspecified atom stereocenters. The Morgan fingerprint density at radius 1 is 0.920 bits per heavy atom. The summed E-state index contributed by atoms with van der Waals surface area (Å²) in [4.78, 5) is 2.53. The molecule has 2 bridgehead atoms. The minimum atomic E-state index is -0.404. The second-order valence-electron chi connectivity index (χ2n) is 8.15. The fourth-order valence-corrected chi connectivity index (χ4v) is 5.10. The van der Waals surface area contributed by atoms with E-state index >= 15 is 0 Å². The van der Waals surface area contributed by atoms with Crippen LogP contribution in [-0.2, 0) is 0 Å². The van der Waals surface area contributed by atoms with Crippen molar-refractivity contribution < 1.29 is 5.11 Å². The van der Waals surface area contributed by atoms with Crippen LogP contribution in [0.3, 0.4) is 0 Å². The van der Waals surface area contributed by atoms with E-state index in [4.69, 9.17) is 0 Å². The minimum Gasteiger partial charge on any atom is -0.388 e. The van der Waals surface area contributed by atoms with E-state index in [-0.39, 0.29) is 5.92 Å². The molecule has 2 heteroatoms. The zero-order chi connectivity index (χ0) is 17.6. The van der Waals surface area contributed by atoms with Crippen LogP contribution in [0, 0.1) is 19.8 Å². The van der Waals surface area contributed by atoms with E-state index < -0.39 is 6.10 Å². The third-order valence-corrected chi connectivity index (χ3v) is 6.62. The number of hydrogen-bond donors (Lipinski definition) is 1. The number of aliphatic hydroxyl groups is 1. The van der Waals surface area contributed by atoms with Gasteiger partial charge in [-0.05, 0) is 57.2 Å². The van der Waals surface area contributed by atoms with Gasteiger partial charge >= 0.3 is 0 Å². The molecular weight excluding hydrogens is 306 g/mol. The van der Waals surface area contributed by atoms with Crippen molar-refractivity contribution in [1.82, 2.24) is 4.90 Å². The topological polar surface area (TPSA) is 23.5 Å². The third kappa shape index (κ3) is 3.02. The van der Waals surface area contributed by atoms with Crippen LogP contribution in [0.5, 0.6) is 0 Å². The first-order valence-electron chi connectivity index (χ1n) is 9.57. The lowest BCUT2D eigenvalue weighted by molar-refractivity contribution is 0.00309. The van der Waals surface area contributed by atoms with E-state index in [1.165, 1.54) is 29.5 Å². The number of aliphatic hydroxyl groups excluding tert-OH is 1. The van der Waals surface area contributed by atoms with Crippen molar-refractivity contribution in [2.75, 3.05) is 7.05 Å². The summed E-state index contributed by atoms with van der Waals surface area (Å²) < 4.78 is 0. The van der Waals surface area contributed by atoms with Gasteiger partial charge in [-0.15, -0.1) is 0 Å². The van der Waals surface area contributed by atoms with Gasteiger partial charge in [0.1, 0.15) is 0 Å². The number of nitrogens with zero attached hydrogens (tertiary/aromatic N) is 1. The summed E-state index contributed by atoms with van der Waals surface area (Å²) in [5.74, 6) is 0.694. The average Bonchev–Trinajstić information content (AvgIpc) is 2.85. The maximum Gasteiger partial charge on any atom is 0.0839 e.